The van der Waals surface area contributed by atoms with E-state index in [1.807, 2.05) is 0 Å². The Labute approximate surface area is 93.3 Å². The molecule has 0 unspecified atom stereocenters. The maximum Gasteiger partial charge on any atom is 0.314 e. The number of nitrogens with zero attached hydrogens (tertiary/aromatic N) is 1. The van der Waals surface area contributed by atoms with E-state index in [1.165, 1.54) is 12.3 Å². The van der Waals surface area contributed by atoms with Gasteiger partial charge in [-0.1, -0.05) is 19.3 Å². The second-order valence-corrected chi connectivity index (χ2v) is 4.34. The molecule has 0 atom stereocenters. The summed E-state index contributed by atoms with van der Waals surface area (Å²) in [6.07, 6.45) is 6.54. The molecule has 1 aliphatic rings. The lowest BCUT2D eigenvalue weighted by Gasteiger charge is -2.33. The number of carboxylic acid groups (broad SMARTS) is 1. The van der Waals surface area contributed by atoms with Crippen LogP contribution in [0.1, 0.15) is 37.7 Å². The van der Waals surface area contributed by atoms with E-state index in [-0.39, 0.29) is 0 Å². The molecule has 3 nitrogen and oxygen atoms in total. The lowest BCUT2D eigenvalue weighted by molar-refractivity contribution is -0.145. The molecule has 1 fully saturated rings. The van der Waals surface area contributed by atoms with Gasteiger partial charge in [0.15, 0.2) is 0 Å². The Kier molecular flexibility index (Phi) is 2.90. The van der Waals surface area contributed by atoms with Crippen LogP contribution in [0.3, 0.4) is 0 Å². The fourth-order valence-corrected chi connectivity index (χ4v) is 2.45. The highest BCUT2D eigenvalue weighted by atomic mass is 19.1. The topological polar surface area (TPSA) is 50.2 Å². The molecule has 0 saturated heterocycles. The van der Waals surface area contributed by atoms with Crippen molar-refractivity contribution in [2.75, 3.05) is 0 Å². The predicted octanol–water partition coefficient (Wildman–Crippen LogP) is 2.51. The maximum atomic E-state index is 13.1. The quantitative estimate of drug-likeness (QED) is 0.838. The number of carbonyl (C=O) groups is 1. The van der Waals surface area contributed by atoms with Gasteiger partial charge >= 0.3 is 5.97 Å². The summed E-state index contributed by atoms with van der Waals surface area (Å²) in [5.74, 6) is -1.33. The van der Waals surface area contributed by atoms with E-state index >= 15 is 0 Å². The zero-order valence-electron chi connectivity index (χ0n) is 8.95. The second-order valence-electron chi connectivity index (χ2n) is 4.34. The van der Waals surface area contributed by atoms with Crippen LogP contribution in [0.15, 0.2) is 18.5 Å². The van der Waals surface area contributed by atoms with Gasteiger partial charge in [0.05, 0.1) is 11.6 Å². The number of rotatable bonds is 2. The first-order chi connectivity index (χ1) is 7.65. The number of aromatic nitrogens is 1. The van der Waals surface area contributed by atoms with Crippen molar-refractivity contribution < 1.29 is 14.3 Å². The third-order valence-corrected chi connectivity index (χ3v) is 3.37. The summed E-state index contributed by atoms with van der Waals surface area (Å²) in [5, 5.41) is 9.38. The first kappa shape index (κ1) is 11.0. The third-order valence-electron chi connectivity index (χ3n) is 3.37. The number of hydrogen-bond acceptors (Lipinski definition) is 2. The minimum atomic E-state index is -0.923. The van der Waals surface area contributed by atoms with Gasteiger partial charge in [0.2, 0.25) is 0 Å². The SMILES string of the molecule is O=C(O)C1(c2cncc(F)c2)CCCCC1. The number of carboxylic acids is 1. The zero-order valence-corrected chi connectivity index (χ0v) is 8.95. The smallest absolute Gasteiger partial charge is 0.314 e. The van der Waals surface area contributed by atoms with E-state index in [1.54, 1.807) is 0 Å². The Balaban J connectivity index is 2.42. The van der Waals surface area contributed by atoms with Gasteiger partial charge in [-0.3, -0.25) is 9.78 Å². The Bertz CT molecular complexity index is 400. The number of hydrogen-bond donors (Lipinski definition) is 1. The van der Waals surface area contributed by atoms with Gasteiger partial charge < -0.3 is 5.11 Å². The molecule has 0 amide bonds. The molecule has 1 aliphatic carbocycles. The van der Waals surface area contributed by atoms with Gasteiger partial charge in [0.1, 0.15) is 5.82 Å². The molecule has 0 radical (unpaired) electrons. The number of pyridine rings is 1. The first-order valence-electron chi connectivity index (χ1n) is 5.49. The van der Waals surface area contributed by atoms with E-state index in [9.17, 15) is 14.3 Å². The largest absolute Gasteiger partial charge is 0.481 e. The van der Waals surface area contributed by atoms with Crippen LogP contribution in [0.4, 0.5) is 4.39 Å². The average molecular weight is 223 g/mol. The monoisotopic (exact) mass is 223 g/mol. The molecule has 16 heavy (non-hydrogen) atoms. The van der Waals surface area contributed by atoms with Crippen molar-refractivity contribution in [2.45, 2.75) is 37.5 Å². The van der Waals surface area contributed by atoms with Gasteiger partial charge in [-0.05, 0) is 24.5 Å². The molecule has 1 heterocycles. The number of halogens is 1. The lowest BCUT2D eigenvalue weighted by Crippen LogP contribution is -2.38. The normalized spacial score (nSPS) is 19.3. The van der Waals surface area contributed by atoms with Crippen molar-refractivity contribution in [2.24, 2.45) is 0 Å². The molecule has 0 spiro atoms. The van der Waals surface area contributed by atoms with E-state index in [2.05, 4.69) is 4.98 Å². The summed E-state index contributed by atoms with van der Waals surface area (Å²) in [4.78, 5) is 15.2. The summed E-state index contributed by atoms with van der Waals surface area (Å²) in [6, 6.07) is 1.30. The summed E-state index contributed by atoms with van der Waals surface area (Å²) >= 11 is 0. The molecule has 0 aliphatic heterocycles. The van der Waals surface area contributed by atoms with E-state index in [0.717, 1.165) is 25.5 Å². The molecule has 4 heteroatoms. The molecule has 1 saturated carbocycles. The standard InChI is InChI=1S/C12H14FNO2/c13-10-6-9(7-14-8-10)12(11(15)16)4-2-1-3-5-12/h6-8H,1-5H2,(H,15,16). The maximum absolute atomic E-state index is 13.1. The molecular formula is C12H14FNO2. The molecule has 2 rings (SSSR count). The highest BCUT2D eigenvalue weighted by Gasteiger charge is 2.41. The summed E-state index contributed by atoms with van der Waals surface area (Å²) in [7, 11) is 0. The fraction of sp³-hybridized carbons (Fsp3) is 0.500. The molecule has 1 aromatic heterocycles. The van der Waals surface area contributed by atoms with E-state index in [0.29, 0.717) is 18.4 Å². The van der Waals surface area contributed by atoms with Crippen LogP contribution in [-0.2, 0) is 10.2 Å². The van der Waals surface area contributed by atoms with Gasteiger partial charge in [0.25, 0.3) is 0 Å². The Hall–Kier alpha value is -1.45. The second kappa shape index (κ2) is 4.20. The van der Waals surface area contributed by atoms with Crippen molar-refractivity contribution in [3.05, 3.63) is 29.8 Å². The van der Waals surface area contributed by atoms with Crippen LogP contribution in [0, 0.1) is 5.82 Å². The highest BCUT2D eigenvalue weighted by Crippen LogP contribution is 2.39. The lowest BCUT2D eigenvalue weighted by atomic mass is 9.70. The molecule has 1 aromatic rings. The molecule has 86 valence electrons. The first-order valence-corrected chi connectivity index (χ1v) is 5.49. The van der Waals surface area contributed by atoms with Crippen molar-refractivity contribution in [3.63, 3.8) is 0 Å². The molecule has 0 aromatic carbocycles. The van der Waals surface area contributed by atoms with Gasteiger partial charge in [-0.15, -0.1) is 0 Å². The van der Waals surface area contributed by atoms with Crippen molar-refractivity contribution in [3.8, 4) is 0 Å². The van der Waals surface area contributed by atoms with Crippen molar-refractivity contribution in [1.82, 2.24) is 4.98 Å². The summed E-state index contributed by atoms with van der Waals surface area (Å²) < 4.78 is 13.1. The zero-order chi connectivity index (χ0) is 11.6. The fourth-order valence-electron chi connectivity index (χ4n) is 2.45. The summed E-state index contributed by atoms with van der Waals surface area (Å²) in [5.41, 5.74) is -0.424. The van der Waals surface area contributed by atoms with E-state index < -0.39 is 17.2 Å². The van der Waals surface area contributed by atoms with Gasteiger partial charge in [-0.2, -0.15) is 0 Å². The summed E-state index contributed by atoms with van der Waals surface area (Å²) in [6.45, 7) is 0. The van der Waals surface area contributed by atoms with E-state index in [4.69, 9.17) is 0 Å². The Morgan fingerprint density at radius 2 is 2.00 bits per heavy atom. The molecule has 1 N–H and O–H groups in total. The van der Waals surface area contributed by atoms with Crippen LogP contribution in [0.2, 0.25) is 0 Å². The van der Waals surface area contributed by atoms with Crippen LogP contribution < -0.4 is 0 Å². The van der Waals surface area contributed by atoms with Crippen LogP contribution in [0.25, 0.3) is 0 Å². The van der Waals surface area contributed by atoms with Gasteiger partial charge in [0, 0.05) is 6.20 Å². The minimum absolute atomic E-state index is 0.469. The Morgan fingerprint density at radius 1 is 1.31 bits per heavy atom. The van der Waals surface area contributed by atoms with Crippen LogP contribution in [0.5, 0.6) is 0 Å². The molecule has 0 bridgehead atoms. The van der Waals surface area contributed by atoms with Crippen molar-refractivity contribution >= 4 is 5.97 Å². The van der Waals surface area contributed by atoms with Crippen LogP contribution in [-0.4, -0.2) is 16.1 Å². The van der Waals surface area contributed by atoms with Crippen molar-refractivity contribution in [1.29, 1.82) is 0 Å². The minimum Gasteiger partial charge on any atom is -0.481 e. The van der Waals surface area contributed by atoms with Gasteiger partial charge in [-0.25, -0.2) is 4.39 Å². The number of aliphatic carboxylic acids is 1. The molecular weight excluding hydrogens is 209 g/mol. The average Bonchev–Trinajstić information content (AvgIpc) is 2.30. The predicted molar refractivity (Wildman–Crippen MR) is 56.6 cm³/mol. The highest BCUT2D eigenvalue weighted by molar-refractivity contribution is 5.81. The third kappa shape index (κ3) is 1.79. The Morgan fingerprint density at radius 3 is 2.56 bits per heavy atom. The van der Waals surface area contributed by atoms with Crippen LogP contribution >= 0.6 is 0 Å².